The van der Waals surface area contributed by atoms with E-state index < -0.39 is 0 Å². The molecule has 0 saturated carbocycles. The van der Waals surface area contributed by atoms with Gasteiger partial charge < -0.3 is 4.42 Å². The lowest BCUT2D eigenvalue weighted by molar-refractivity contribution is 0.558. The highest BCUT2D eigenvalue weighted by Crippen LogP contribution is 2.12. The van der Waals surface area contributed by atoms with Crippen LogP contribution in [0.1, 0.15) is 5.69 Å². The van der Waals surface area contributed by atoms with Gasteiger partial charge in [-0.2, -0.15) is 0 Å². The Morgan fingerprint density at radius 3 is 2.83 bits per heavy atom. The minimum Gasteiger partial charge on any atom is -0.451 e. The summed E-state index contributed by atoms with van der Waals surface area (Å²) in [5, 5.41) is 0. The van der Waals surface area contributed by atoms with E-state index in [1.165, 1.54) is 6.39 Å². The molecule has 2 heterocycles. The Bertz CT molecular complexity index is 370. The fourth-order valence-corrected chi connectivity index (χ4v) is 0.926. The Kier molecular flexibility index (Phi) is 1.59. The van der Waals surface area contributed by atoms with E-state index in [2.05, 4.69) is 15.0 Å². The first-order chi connectivity index (χ1) is 5.86. The van der Waals surface area contributed by atoms with Crippen molar-refractivity contribution in [1.29, 1.82) is 0 Å². The minimum absolute atomic E-state index is 0.714. The summed E-state index contributed by atoms with van der Waals surface area (Å²) in [6.45, 7) is 1.89. The van der Waals surface area contributed by atoms with E-state index in [4.69, 9.17) is 4.42 Å². The molecule has 60 valence electrons. The van der Waals surface area contributed by atoms with Crippen LogP contribution in [0.2, 0.25) is 0 Å². The summed E-state index contributed by atoms with van der Waals surface area (Å²) in [6.07, 6.45) is 6.28. The standard InChI is InChI=1S/C8H7N3O/c1-6-2-9-3-7(11-6)8-4-12-5-10-8/h2-5H,1H3. The molecule has 2 aromatic rings. The maximum atomic E-state index is 4.83. The van der Waals surface area contributed by atoms with Crippen LogP contribution in [0.5, 0.6) is 0 Å². The summed E-state index contributed by atoms with van der Waals surface area (Å²) in [4.78, 5) is 12.2. The molecular formula is C8H7N3O. The molecule has 0 N–H and O–H groups in total. The smallest absolute Gasteiger partial charge is 0.181 e. The van der Waals surface area contributed by atoms with Gasteiger partial charge in [-0.05, 0) is 6.92 Å². The molecule has 0 atom stereocenters. The average molecular weight is 161 g/mol. The first-order valence-electron chi connectivity index (χ1n) is 3.53. The third-order valence-electron chi connectivity index (χ3n) is 1.45. The Labute approximate surface area is 69.3 Å². The van der Waals surface area contributed by atoms with Crippen molar-refractivity contribution in [3.63, 3.8) is 0 Å². The number of aryl methyl sites for hydroxylation is 1. The van der Waals surface area contributed by atoms with Crippen molar-refractivity contribution in [3.05, 3.63) is 30.7 Å². The summed E-state index contributed by atoms with van der Waals surface area (Å²) < 4.78 is 4.83. The summed E-state index contributed by atoms with van der Waals surface area (Å²) in [7, 11) is 0. The van der Waals surface area contributed by atoms with Crippen molar-refractivity contribution in [2.75, 3.05) is 0 Å². The predicted octanol–water partition coefficient (Wildman–Crippen LogP) is 1.44. The van der Waals surface area contributed by atoms with Crippen LogP contribution >= 0.6 is 0 Å². The highest BCUT2D eigenvalue weighted by atomic mass is 16.3. The minimum atomic E-state index is 0.714. The van der Waals surface area contributed by atoms with Crippen LogP contribution in [0.25, 0.3) is 11.4 Å². The van der Waals surface area contributed by atoms with Crippen LogP contribution in [-0.4, -0.2) is 15.0 Å². The van der Waals surface area contributed by atoms with Gasteiger partial charge in [0.2, 0.25) is 0 Å². The van der Waals surface area contributed by atoms with Crippen LogP contribution in [0.15, 0.2) is 29.5 Å². The SMILES string of the molecule is Cc1cncc(-c2cocn2)n1. The van der Waals surface area contributed by atoms with Gasteiger partial charge in [-0.1, -0.05) is 0 Å². The number of aromatic nitrogens is 3. The van der Waals surface area contributed by atoms with Crippen molar-refractivity contribution in [3.8, 4) is 11.4 Å². The number of nitrogens with zero attached hydrogens (tertiary/aromatic N) is 3. The van der Waals surface area contributed by atoms with E-state index in [1.807, 2.05) is 6.92 Å². The molecule has 0 amide bonds. The van der Waals surface area contributed by atoms with Crippen molar-refractivity contribution >= 4 is 0 Å². The summed E-state index contributed by atoms with van der Waals surface area (Å²) >= 11 is 0. The van der Waals surface area contributed by atoms with Crippen LogP contribution < -0.4 is 0 Å². The number of oxazole rings is 1. The zero-order valence-electron chi connectivity index (χ0n) is 6.56. The van der Waals surface area contributed by atoms with Gasteiger partial charge in [-0.3, -0.25) is 4.98 Å². The maximum Gasteiger partial charge on any atom is 0.181 e. The molecule has 0 aliphatic rings. The number of hydrogen-bond donors (Lipinski definition) is 0. The topological polar surface area (TPSA) is 51.8 Å². The van der Waals surface area contributed by atoms with E-state index in [1.54, 1.807) is 18.7 Å². The molecule has 12 heavy (non-hydrogen) atoms. The van der Waals surface area contributed by atoms with Gasteiger partial charge in [0, 0.05) is 6.20 Å². The summed E-state index contributed by atoms with van der Waals surface area (Å²) in [5.41, 5.74) is 2.32. The Balaban J connectivity index is 2.48. The second-order valence-corrected chi connectivity index (χ2v) is 2.42. The molecule has 0 bridgehead atoms. The molecule has 0 aliphatic carbocycles. The van der Waals surface area contributed by atoms with Crippen molar-refractivity contribution in [2.45, 2.75) is 6.92 Å². The van der Waals surface area contributed by atoms with Crippen molar-refractivity contribution in [1.82, 2.24) is 15.0 Å². The van der Waals surface area contributed by atoms with E-state index in [-0.39, 0.29) is 0 Å². The lowest BCUT2D eigenvalue weighted by Crippen LogP contribution is -1.88. The molecule has 0 saturated heterocycles. The molecule has 4 nitrogen and oxygen atoms in total. The Morgan fingerprint density at radius 2 is 2.17 bits per heavy atom. The Morgan fingerprint density at radius 1 is 1.25 bits per heavy atom. The van der Waals surface area contributed by atoms with Gasteiger partial charge in [-0.25, -0.2) is 9.97 Å². The van der Waals surface area contributed by atoms with Gasteiger partial charge in [0.15, 0.2) is 6.39 Å². The fourth-order valence-electron chi connectivity index (χ4n) is 0.926. The summed E-state index contributed by atoms with van der Waals surface area (Å²) in [5.74, 6) is 0. The molecule has 0 unspecified atom stereocenters. The molecule has 2 aromatic heterocycles. The highest BCUT2D eigenvalue weighted by Gasteiger charge is 2.01. The average Bonchev–Trinajstić information content (AvgIpc) is 2.56. The number of rotatable bonds is 1. The van der Waals surface area contributed by atoms with E-state index in [0.717, 1.165) is 11.4 Å². The molecular weight excluding hydrogens is 154 g/mol. The molecule has 0 spiro atoms. The first-order valence-corrected chi connectivity index (χ1v) is 3.53. The van der Waals surface area contributed by atoms with Crippen molar-refractivity contribution < 1.29 is 4.42 Å². The monoisotopic (exact) mass is 161 g/mol. The maximum absolute atomic E-state index is 4.83. The molecule has 0 radical (unpaired) electrons. The zero-order chi connectivity index (χ0) is 8.39. The normalized spacial score (nSPS) is 10.1. The molecule has 0 aliphatic heterocycles. The third-order valence-corrected chi connectivity index (χ3v) is 1.45. The van der Waals surface area contributed by atoms with Gasteiger partial charge in [0.05, 0.1) is 11.9 Å². The van der Waals surface area contributed by atoms with Gasteiger partial charge in [0.25, 0.3) is 0 Å². The van der Waals surface area contributed by atoms with Crippen LogP contribution in [-0.2, 0) is 0 Å². The molecule has 2 rings (SSSR count). The van der Waals surface area contributed by atoms with Gasteiger partial charge >= 0.3 is 0 Å². The van der Waals surface area contributed by atoms with Crippen LogP contribution in [0.4, 0.5) is 0 Å². The van der Waals surface area contributed by atoms with Crippen molar-refractivity contribution in [2.24, 2.45) is 0 Å². The van der Waals surface area contributed by atoms with Gasteiger partial charge in [0.1, 0.15) is 17.7 Å². The lowest BCUT2D eigenvalue weighted by Gasteiger charge is -1.94. The molecule has 4 heteroatoms. The second-order valence-electron chi connectivity index (χ2n) is 2.42. The molecule has 0 fully saturated rings. The first kappa shape index (κ1) is 6.97. The lowest BCUT2D eigenvalue weighted by atomic mass is 10.3. The second kappa shape index (κ2) is 2.73. The Hall–Kier alpha value is -1.71. The van der Waals surface area contributed by atoms with Crippen LogP contribution in [0.3, 0.4) is 0 Å². The van der Waals surface area contributed by atoms with E-state index in [0.29, 0.717) is 5.69 Å². The largest absolute Gasteiger partial charge is 0.451 e. The number of hydrogen-bond acceptors (Lipinski definition) is 4. The fraction of sp³-hybridized carbons (Fsp3) is 0.125. The van der Waals surface area contributed by atoms with Crippen LogP contribution in [0, 0.1) is 6.92 Å². The van der Waals surface area contributed by atoms with Gasteiger partial charge in [-0.15, -0.1) is 0 Å². The third kappa shape index (κ3) is 1.18. The molecule has 0 aromatic carbocycles. The quantitative estimate of drug-likeness (QED) is 0.635. The van der Waals surface area contributed by atoms with E-state index >= 15 is 0 Å². The summed E-state index contributed by atoms with van der Waals surface area (Å²) in [6, 6.07) is 0. The van der Waals surface area contributed by atoms with E-state index in [9.17, 15) is 0 Å². The highest BCUT2D eigenvalue weighted by molar-refractivity contribution is 5.50. The predicted molar refractivity (Wildman–Crippen MR) is 42.3 cm³/mol. The zero-order valence-corrected chi connectivity index (χ0v) is 6.56.